The molecule has 0 N–H and O–H groups in total. The van der Waals surface area contributed by atoms with Crippen LogP contribution in [0.1, 0.15) is 26.7 Å². The van der Waals surface area contributed by atoms with Crippen LogP contribution in [-0.2, 0) is 13.6 Å². The van der Waals surface area contributed by atoms with Crippen LogP contribution in [0.2, 0.25) is 39.3 Å². The zero-order chi connectivity index (χ0) is 14.6. The van der Waals surface area contributed by atoms with Crippen LogP contribution < -0.4 is 0 Å². The first kappa shape index (κ1) is 17.9. The Hall–Kier alpha value is -0.136. The van der Waals surface area contributed by atoms with E-state index in [1.54, 1.807) is 0 Å². The van der Waals surface area contributed by atoms with Gasteiger partial charge in [-0.3, -0.25) is 4.79 Å². The molecule has 2 unspecified atom stereocenters. The predicted molar refractivity (Wildman–Crippen MR) is 81.7 cm³/mol. The summed E-state index contributed by atoms with van der Waals surface area (Å²) in [5.41, 5.74) is 0. The third-order valence-electron chi connectivity index (χ3n) is 2.51. The molecule has 0 aliphatic rings. The lowest BCUT2D eigenvalue weighted by molar-refractivity contribution is -0.143. The second-order valence-electron chi connectivity index (χ2n) is 6.73. The molecule has 0 saturated heterocycles. The Morgan fingerprint density at radius 1 is 0.944 bits per heavy atom. The number of rotatable bonds is 7. The van der Waals surface area contributed by atoms with Gasteiger partial charge in [-0.15, -0.1) is 0 Å². The van der Waals surface area contributed by atoms with Crippen LogP contribution in [0.25, 0.3) is 0 Å². The fourth-order valence-corrected chi connectivity index (χ4v) is 3.86. The van der Waals surface area contributed by atoms with Crippen LogP contribution in [0, 0.1) is 5.92 Å². The molecule has 108 valence electrons. The molecule has 0 aromatic rings. The second kappa shape index (κ2) is 6.86. The summed E-state index contributed by atoms with van der Waals surface area (Å²) in [5.74, 6) is -0.185. The van der Waals surface area contributed by atoms with Crippen molar-refractivity contribution in [1.29, 1.82) is 0 Å². The Bertz CT molecular complexity index is 266. The minimum atomic E-state index is -1.81. The van der Waals surface area contributed by atoms with Gasteiger partial charge in [-0.25, -0.2) is 0 Å². The third kappa shape index (κ3) is 7.33. The topological polar surface area (TPSA) is 35.5 Å². The highest BCUT2D eigenvalue weighted by Crippen LogP contribution is 2.23. The van der Waals surface area contributed by atoms with Gasteiger partial charge in [0.15, 0.2) is 8.32 Å². The highest BCUT2D eigenvalue weighted by Gasteiger charge is 2.33. The summed E-state index contributed by atoms with van der Waals surface area (Å²) < 4.78 is 11.8. The van der Waals surface area contributed by atoms with Crippen molar-refractivity contribution < 1.29 is 13.6 Å². The minimum absolute atomic E-state index is 0.00511. The van der Waals surface area contributed by atoms with Crippen molar-refractivity contribution in [3.05, 3.63) is 0 Å². The van der Waals surface area contributed by atoms with E-state index in [2.05, 4.69) is 26.6 Å². The van der Waals surface area contributed by atoms with E-state index < -0.39 is 16.6 Å². The van der Waals surface area contributed by atoms with Gasteiger partial charge in [0.1, 0.15) is 0 Å². The van der Waals surface area contributed by atoms with Crippen molar-refractivity contribution in [2.24, 2.45) is 5.92 Å². The van der Waals surface area contributed by atoms with Crippen molar-refractivity contribution in [2.45, 2.75) is 72.1 Å². The van der Waals surface area contributed by atoms with Gasteiger partial charge in [-0.1, -0.05) is 13.8 Å². The Morgan fingerprint density at radius 3 is 1.72 bits per heavy atom. The maximum atomic E-state index is 12.2. The normalized spacial score (nSPS) is 16.2. The van der Waals surface area contributed by atoms with Crippen LogP contribution in [0.4, 0.5) is 0 Å². The molecular weight excluding hydrogens is 260 g/mol. The van der Waals surface area contributed by atoms with Gasteiger partial charge >= 0.3 is 0 Å². The molecule has 18 heavy (non-hydrogen) atoms. The zero-order valence-electron chi connectivity index (χ0n) is 13.3. The number of carbonyl (C=O) groups excluding carboxylic acids is 1. The van der Waals surface area contributed by atoms with Gasteiger partial charge in [0, 0.05) is 0 Å². The van der Waals surface area contributed by atoms with E-state index in [1.807, 2.05) is 26.6 Å². The second-order valence-corrected chi connectivity index (χ2v) is 15.6. The van der Waals surface area contributed by atoms with Crippen LogP contribution in [0.5, 0.6) is 0 Å². The van der Waals surface area contributed by atoms with Crippen LogP contribution in [-0.4, -0.2) is 28.7 Å². The van der Waals surface area contributed by atoms with E-state index in [9.17, 15) is 4.79 Å². The number of hydrogen-bond donors (Lipinski definition) is 0. The Labute approximate surface area is 115 Å². The SMILES string of the molecule is CCC(O[Si](C)(C)C)C(CC)C(=O)O[Si](C)(C)C. The average Bonchev–Trinajstić information content (AvgIpc) is 2.12. The maximum Gasteiger partial charge on any atom is 0.298 e. The van der Waals surface area contributed by atoms with E-state index in [1.165, 1.54) is 0 Å². The van der Waals surface area contributed by atoms with Crippen molar-refractivity contribution in [3.8, 4) is 0 Å². The quantitative estimate of drug-likeness (QED) is 0.664. The van der Waals surface area contributed by atoms with Crippen molar-refractivity contribution in [2.75, 3.05) is 0 Å². The van der Waals surface area contributed by atoms with Gasteiger partial charge in [0.2, 0.25) is 8.32 Å². The number of hydrogen-bond acceptors (Lipinski definition) is 3. The summed E-state index contributed by atoms with van der Waals surface area (Å²) in [4.78, 5) is 12.2. The van der Waals surface area contributed by atoms with Crippen LogP contribution in [0.3, 0.4) is 0 Å². The van der Waals surface area contributed by atoms with Crippen molar-refractivity contribution in [1.82, 2.24) is 0 Å². The smallest absolute Gasteiger partial charge is 0.298 e. The molecule has 0 aliphatic carbocycles. The fourth-order valence-electron chi connectivity index (χ4n) is 1.86. The van der Waals surface area contributed by atoms with Crippen molar-refractivity contribution >= 4 is 22.6 Å². The lowest BCUT2D eigenvalue weighted by atomic mass is 9.98. The molecule has 0 spiro atoms. The van der Waals surface area contributed by atoms with E-state index in [-0.39, 0.29) is 18.0 Å². The first-order valence-electron chi connectivity index (χ1n) is 6.90. The molecule has 2 atom stereocenters. The van der Waals surface area contributed by atoms with Gasteiger partial charge in [-0.05, 0) is 52.1 Å². The van der Waals surface area contributed by atoms with E-state index in [0.29, 0.717) is 0 Å². The summed E-state index contributed by atoms with van der Waals surface area (Å²) >= 11 is 0. The lowest BCUT2D eigenvalue weighted by Crippen LogP contribution is -2.42. The molecule has 0 aromatic heterocycles. The van der Waals surface area contributed by atoms with E-state index in [0.717, 1.165) is 12.8 Å². The van der Waals surface area contributed by atoms with Crippen LogP contribution in [0.15, 0.2) is 0 Å². The Kier molecular flexibility index (Phi) is 6.81. The molecule has 0 radical (unpaired) electrons. The highest BCUT2D eigenvalue weighted by molar-refractivity contribution is 6.71. The van der Waals surface area contributed by atoms with Gasteiger partial charge in [0.05, 0.1) is 12.0 Å². The highest BCUT2D eigenvalue weighted by atomic mass is 28.4. The summed E-state index contributed by atoms with van der Waals surface area (Å²) in [7, 11) is -3.43. The molecule has 0 amide bonds. The Balaban J connectivity index is 4.77. The first-order valence-corrected chi connectivity index (χ1v) is 13.7. The van der Waals surface area contributed by atoms with Crippen LogP contribution >= 0.6 is 0 Å². The van der Waals surface area contributed by atoms with E-state index in [4.69, 9.17) is 8.85 Å². The number of carbonyl (C=O) groups is 1. The standard InChI is InChI=1S/C13H30O3Si2/c1-9-11(13(14)16-18(6,7)8)12(10-2)15-17(3,4)5/h11-12H,9-10H2,1-8H3. The van der Waals surface area contributed by atoms with Gasteiger partial charge in [-0.2, -0.15) is 0 Å². The summed E-state index contributed by atoms with van der Waals surface area (Å²) in [6.45, 7) is 16.7. The summed E-state index contributed by atoms with van der Waals surface area (Å²) in [6.07, 6.45) is 1.65. The monoisotopic (exact) mass is 290 g/mol. The maximum absolute atomic E-state index is 12.2. The summed E-state index contributed by atoms with van der Waals surface area (Å²) in [6, 6.07) is 0. The molecule has 0 fully saturated rings. The lowest BCUT2D eigenvalue weighted by Gasteiger charge is -2.32. The predicted octanol–water partition coefficient (Wildman–Crippen LogP) is 4.02. The molecule has 0 bridgehead atoms. The molecule has 0 aliphatic heterocycles. The largest absolute Gasteiger partial charge is 0.520 e. The average molecular weight is 291 g/mol. The van der Waals surface area contributed by atoms with Gasteiger partial charge < -0.3 is 8.85 Å². The Morgan fingerprint density at radius 2 is 1.44 bits per heavy atom. The first-order chi connectivity index (χ1) is 8.00. The molecular formula is C13H30O3Si2. The molecule has 0 aromatic carbocycles. The fraction of sp³-hybridized carbons (Fsp3) is 0.923. The van der Waals surface area contributed by atoms with Gasteiger partial charge in [0.25, 0.3) is 5.97 Å². The molecule has 0 saturated carbocycles. The molecule has 5 heteroatoms. The minimum Gasteiger partial charge on any atom is -0.520 e. The van der Waals surface area contributed by atoms with E-state index >= 15 is 0 Å². The molecule has 0 heterocycles. The third-order valence-corrected chi connectivity index (χ3v) is 4.33. The zero-order valence-corrected chi connectivity index (χ0v) is 15.3. The molecule has 3 nitrogen and oxygen atoms in total. The van der Waals surface area contributed by atoms with Crippen molar-refractivity contribution in [3.63, 3.8) is 0 Å². The summed E-state index contributed by atoms with van der Waals surface area (Å²) in [5, 5.41) is 0. The molecule has 0 rings (SSSR count).